The molecule has 0 radical (unpaired) electrons. The molecule has 0 spiro atoms. The molecule has 0 saturated carbocycles. The fraction of sp³-hybridized carbons (Fsp3) is 0.188. The molecule has 0 amide bonds. The summed E-state index contributed by atoms with van der Waals surface area (Å²) in [5, 5.41) is 0.316. The van der Waals surface area contributed by atoms with Crippen molar-refractivity contribution in [3.05, 3.63) is 108 Å². The Morgan fingerprint density at radius 3 is 1.76 bits per heavy atom. The van der Waals surface area contributed by atoms with E-state index in [1.807, 2.05) is 24.3 Å². The van der Waals surface area contributed by atoms with Gasteiger partial charge in [-0.3, -0.25) is 4.99 Å². The molecular formula is C32H30ClNO8. The van der Waals surface area contributed by atoms with E-state index in [-0.39, 0.29) is 19.0 Å². The van der Waals surface area contributed by atoms with Gasteiger partial charge in [-0.25, -0.2) is 14.4 Å². The maximum Gasteiger partial charge on any atom is 0.343 e. The molecule has 0 aliphatic carbocycles. The summed E-state index contributed by atoms with van der Waals surface area (Å²) in [6.45, 7) is 7.91. The molecule has 0 N–H and O–H groups in total. The van der Waals surface area contributed by atoms with Crippen LogP contribution in [0.3, 0.4) is 0 Å². The molecule has 9 nitrogen and oxygen atoms in total. The average molecular weight is 592 g/mol. The Bertz CT molecular complexity index is 1400. The van der Waals surface area contributed by atoms with E-state index in [0.29, 0.717) is 53.8 Å². The predicted octanol–water partition coefficient (Wildman–Crippen LogP) is 6.31. The molecule has 0 aromatic heterocycles. The first kappa shape index (κ1) is 31.6. The molecule has 0 fully saturated rings. The van der Waals surface area contributed by atoms with Gasteiger partial charge in [-0.05, 0) is 66.2 Å². The van der Waals surface area contributed by atoms with E-state index < -0.39 is 17.9 Å². The molecule has 3 aromatic rings. The topological polar surface area (TPSA) is 110 Å². The van der Waals surface area contributed by atoms with Crippen molar-refractivity contribution in [2.45, 2.75) is 12.8 Å². The fourth-order valence-corrected chi connectivity index (χ4v) is 3.48. The van der Waals surface area contributed by atoms with Crippen molar-refractivity contribution in [2.24, 2.45) is 4.99 Å². The van der Waals surface area contributed by atoms with Crippen molar-refractivity contribution in [1.29, 1.82) is 0 Å². The smallest absolute Gasteiger partial charge is 0.343 e. The second-order valence-corrected chi connectivity index (χ2v) is 8.91. The van der Waals surface area contributed by atoms with Crippen molar-refractivity contribution < 1.29 is 38.1 Å². The van der Waals surface area contributed by atoms with Gasteiger partial charge in [-0.2, -0.15) is 0 Å². The van der Waals surface area contributed by atoms with Crippen LogP contribution in [0.4, 0.5) is 5.69 Å². The molecule has 3 rings (SSSR count). The third-order valence-electron chi connectivity index (χ3n) is 5.39. The Kier molecular flexibility index (Phi) is 12.8. The first-order valence-corrected chi connectivity index (χ1v) is 13.4. The van der Waals surface area contributed by atoms with Crippen LogP contribution in [0.15, 0.2) is 97.0 Å². The Morgan fingerprint density at radius 1 is 0.714 bits per heavy atom. The first-order valence-electron chi connectivity index (χ1n) is 13.0. The molecule has 3 aromatic carbocycles. The average Bonchev–Trinajstić information content (AvgIpc) is 3.01. The minimum atomic E-state index is -0.551. The lowest BCUT2D eigenvalue weighted by atomic mass is 10.2. The van der Waals surface area contributed by atoms with Crippen molar-refractivity contribution in [3.8, 4) is 17.2 Å². The zero-order chi connectivity index (χ0) is 30.2. The summed E-state index contributed by atoms with van der Waals surface area (Å²) in [7, 11) is 0. The van der Waals surface area contributed by atoms with Crippen LogP contribution in [0.25, 0.3) is 0 Å². The highest BCUT2D eigenvalue weighted by atomic mass is 35.5. The van der Waals surface area contributed by atoms with E-state index in [1.165, 1.54) is 6.07 Å². The number of nitrogens with zero attached hydrogens (tertiary/aromatic N) is 1. The number of rotatable bonds is 16. The molecule has 42 heavy (non-hydrogen) atoms. The van der Waals surface area contributed by atoms with E-state index in [0.717, 1.165) is 17.7 Å². The molecule has 0 atom stereocenters. The van der Waals surface area contributed by atoms with Crippen LogP contribution >= 0.6 is 11.6 Å². The zero-order valence-corrected chi connectivity index (χ0v) is 23.6. The maximum atomic E-state index is 12.6. The van der Waals surface area contributed by atoms with E-state index in [1.54, 1.807) is 42.6 Å². The number of carbonyl (C=O) groups is 3. The van der Waals surface area contributed by atoms with Gasteiger partial charge in [0, 0.05) is 37.3 Å². The van der Waals surface area contributed by atoms with Gasteiger partial charge in [0.1, 0.15) is 17.2 Å². The minimum absolute atomic E-state index is 0.227. The molecule has 0 unspecified atom stereocenters. The lowest BCUT2D eigenvalue weighted by Gasteiger charge is -2.08. The maximum absolute atomic E-state index is 12.6. The summed E-state index contributed by atoms with van der Waals surface area (Å²) in [5.41, 5.74) is 1.67. The normalized spacial score (nSPS) is 10.5. The highest BCUT2D eigenvalue weighted by molar-refractivity contribution is 6.33. The van der Waals surface area contributed by atoms with Gasteiger partial charge < -0.3 is 23.7 Å². The molecule has 218 valence electrons. The summed E-state index contributed by atoms with van der Waals surface area (Å²) < 4.78 is 26.4. The quantitative estimate of drug-likeness (QED) is 0.0627. The van der Waals surface area contributed by atoms with Gasteiger partial charge in [0.2, 0.25) is 0 Å². The largest absolute Gasteiger partial charge is 0.493 e. The Balaban J connectivity index is 1.45. The standard InChI is InChI=1S/C32H30ClNO8/c1-3-30(35)40-19-5-17-38-25-11-7-23(8-12-25)22-34-29-16-15-27(21-28(29)33)42-32(37)24-9-13-26(14-10-24)39-18-6-20-41-31(36)4-2/h3-4,7-16,21-22H,1-2,5-6,17-20H2/b34-22+. The molecular weight excluding hydrogens is 562 g/mol. The summed E-state index contributed by atoms with van der Waals surface area (Å²) in [6.07, 6.45) is 4.96. The number of ether oxygens (including phenoxy) is 5. The number of hydrogen-bond donors (Lipinski definition) is 0. The summed E-state index contributed by atoms with van der Waals surface area (Å²) in [4.78, 5) is 39.0. The Hall–Kier alpha value is -4.89. The lowest BCUT2D eigenvalue weighted by Crippen LogP contribution is -2.09. The van der Waals surface area contributed by atoms with E-state index in [2.05, 4.69) is 18.2 Å². The van der Waals surface area contributed by atoms with Gasteiger partial charge in [0.05, 0.1) is 42.7 Å². The van der Waals surface area contributed by atoms with Crippen LogP contribution < -0.4 is 14.2 Å². The fourth-order valence-electron chi connectivity index (χ4n) is 3.26. The van der Waals surface area contributed by atoms with Crippen LogP contribution in [0.1, 0.15) is 28.8 Å². The van der Waals surface area contributed by atoms with Gasteiger partial charge in [-0.15, -0.1) is 0 Å². The Morgan fingerprint density at radius 2 is 1.24 bits per heavy atom. The number of carbonyl (C=O) groups excluding carboxylic acids is 3. The molecule has 0 aliphatic rings. The van der Waals surface area contributed by atoms with Crippen molar-refractivity contribution >= 4 is 41.4 Å². The number of esters is 3. The zero-order valence-electron chi connectivity index (χ0n) is 22.8. The molecule has 0 saturated heterocycles. The van der Waals surface area contributed by atoms with E-state index >= 15 is 0 Å². The second kappa shape index (κ2) is 17.0. The number of halogens is 1. The van der Waals surface area contributed by atoms with Gasteiger partial charge in [0.25, 0.3) is 0 Å². The van der Waals surface area contributed by atoms with Gasteiger partial charge in [0.15, 0.2) is 0 Å². The third kappa shape index (κ3) is 10.9. The number of hydrogen-bond acceptors (Lipinski definition) is 9. The van der Waals surface area contributed by atoms with Crippen LogP contribution in [0.2, 0.25) is 5.02 Å². The first-order chi connectivity index (χ1) is 20.4. The predicted molar refractivity (Wildman–Crippen MR) is 159 cm³/mol. The minimum Gasteiger partial charge on any atom is -0.493 e. The summed E-state index contributed by atoms with van der Waals surface area (Å²) in [5.74, 6) is 0.0392. The molecule has 0 aliphatic heterocycles. The van der Waals surface area contributed by atoms with Crippen molar-refractivity contribution in [3.63, 3.8) is 0 Å². The number of benzene rings is 3. The van der Waals surface area contributed by atoms with E-state index in [9.17, 15) is 14.4 Å². The lowest BCUT2D eigenvalue weighted by molar-refractivity contribution is -0.138. The monoisotopic (exact) mass is 591 g/mol. The van der Waals surface area contributed by atoms with Gasteiger partial charge >= 0.3 is 17.9 Å². The summed E-state index contributed by atoms with van der Waals surface area (Å²) in [6, 6.07) is 18.6. The van der Waals surface area contributed by atoms with Crippen LogP contribution in [-0.2, 0) is 19.1 Å². The van der Waals surface area contributed by atoms with Crippen LogP contribution in [0, 0.1) is 0 Å². The highest BCUT2D eigenvalue weighted by Crippen LogP contribution is 2.29. The second-order valence-electron chi connectivity index (χ2n) is 8.50. The Labute approximate surface area is 249 Å². The van der Waals surface area contributed by atoms with Crippen LogP contribution in [0.5, 0.6) is 17.2 Å². The summed E-state index contributed by atoms with van der Waals surface area (Å²) >= 11 is 6.37. The molecule has 0 bridgehead atoms. The van der Waals surface area contributed by atoms with Crippen molar-refractivity contribution in [1.82, 2.24) is 0 Å². The van der Waals surface area contributed by atoms with Gasteiger partial charge in [-0.1, -0.05) is 24.8 Å². The number of aliphatic imine (C=N–C) groups is 1. The van der Waals surface area contributed by atoms with Crippen molar-refractivity contribution in [2.75, 3.05) is 26.4 Å². The molecule has 10 heteroatoms. The third-order valence-corrected chi connectivity index (χ3v) is 5.69. The molecule has 0 heterocycles. The van der Waals surface area contributed by atoms with Crippen LogP contribution in [-0.4, -0.2) is 50.6 Å². The van der Waals surface area contributed by atoms with E-state index in [4.69, 9.17) is 35.3 Å². The highest BCUT2D eigenvalue weighted by Gasteiger charge is 2.11. The SMILES string of the molecule is C=CC(=O)OCCCOc1ccc(/C=N/c2ccc(OC(=O)c3ccc(OCCCOC(=O)C=C)cc3)cc2Cl)cc1.